The Kier molecular flexibility index (Phi) is 12.5. The van der Waals surface area contributed by atoms with Crippen molar-refractivity contribution < 1.29 is 9.15 Å². The third-order valence-corrected chi connectivity index (χ3v) is 7.63. The molecule has 0 aliphatic heterocycles. The largest absolute Gasteiger partial charge is 0.493 e. The van der Waals surface area contributed by atoms with E-state index >= 15 is 0 Å². The predicted molar refractivity (Wildman–Crippen MR) is 179 cm³/mol. The molecule has 1 aromatic heterocycles. The second kappa shape index (κ2) is 15.6. The van der Waals surface area contributed by atoms with E-state index in [0.29, 0.717) is 12.5 Å². The topological polar surface area (TPSA) is 38.5 Å². The second-order valence-corrected chi connectivity index (χ2v) is 13.7. The number of oxazole rings is 1. The van der Waals surface area contributed by atoms with Crippen molar-refractivity contribution in [1.82, 2.24) is 9.88 Å². The molecule has 0 saturated carbocycles. The van der Waals surface area contributed by atoms with Crippen LogP contribution in [-0.4, -0.2) is 29.6 Å². The number of hydrogen-bond donors (Lipinski definition) is 0. The highest BCUT2D eigenvalue weighted by atomic mass is 16.5. The first-order valence-corrected chi connectivity index (χ1v) is 16.2. The van der Waals surface area contributed by atoms with Crippen LogP contribution in [0.5, 0.6) is 5.75 Å². The van der Waals surface area contributed by atoms with Crippen LogP contribution in [-0.2, 0) is 23.8 Å². The zero-order valence-corrected chi connectivity index (χ0v) is 28.0. The van der Waals surface area contributed by atoms with Gasteiger partial charge in [0.25, 0.3) is 0 Å². The summed E-state index contributed by atoms with van der Waals surface area (Å²) in [5.74, 6) is 1.67. The van der Waals surface area contributed by atoms with Crippen molar-refractivity contribution in [2.75, 3.05) is 19.7 Å². The lowest BCUT2D eigenvalue weighted by Crippen LogP contribution is -2.25. The van der Waals surface area contributed by atoms with Gasteiger partial charge in [-0.05, 0) is 66.4 Å². The average Bonchev–Trinajstić information content (AvgIpc) is 3.41. The molecular weight excluding hydrogens is 516 g/mol. The van der Waals surface area contributed by atoms with Crippen LogP contribution in [0.3, 0.4) is 0 Å². The molecule has 4 nitrogen and oxygen atoms in total. The Balaban J connectivity index is 1.74. The highest BCUT2D eigenvalue weighted by Crippen LogP contribution is 2.42. The van der Waals surface area contributed by atoms with Crippen LogP contribution in [0, 0.1) is 0 Å². The summed E-state index contributed by atoms with van der Waals surface area (Å²) in [4.78, 5) is 7.48. The number of unbranched alkanes of at least 4 members (excludes halogenated alkanes) is 2. The SMILES string of the molecule is CCCCN(CCCC)Cc1ccc(/C=C\Cc2coc(-c3cc(C(C)(C)C)c(OCCC)c(C(C)(C)C)c3)n2)cc1. The molecule has 42 heavy (non-hydrogen) atoms. The fourth-order valence-electron chi connectivity index (χ4n) is 5.10. The van der Waals surface area contributed by atoms with E-state index in [4.69, 9.17) is 14.1 Å². The lowest BCUT2D eigenvalue weighted by atomic mass is 9.78. The zero-order valence-electron chi connectivity index (χ0n) is 28.0. The van der Waals surface area contributed by atoms with Gasteiger partial charge in [0.1, 0.15) is 12.0 Å². The number of hydrogen-bond acceptors (Lipinski definition) is 4. The fourth-order valence-corrected chi connectivity index (χ4v) is 5.10. The van der Waals surface area contributed by atoms with Crippen LogP contribution in [0.4, 0.5) is 0 Å². The van der Waals surface area contributed by atoms with Crippen LogP contribution in [0.2, 0.25) is 0 Å². The molecular formula is C38H56N2O2. The van der Waals surface area contributed by atoms with Gasteiger partial charge in [0.05, 0.1) is 12.3 Å². The molecule has 0 N–H and O–H groups in total. The zero-order chi connectivity index (χ0) is 30.8. The quantitative estimate of drug-likeness (QED) is 0.182. The van der Waals surface area contributed by atoms with Gasteiger partial charge in [-0.25, -0.2) is 4.98 Å². The highest BCUT2D eigenvalue weighted by molar-refractivity contribution is 5.63. The first-order valence-electron chi connectivity index (χ1n) is 16.2. The molecule has 0 unspecified atom stereocenters. The van der Waals surface area contributed by atoms with Gasteiger partial charge in [-0.2, -0.15) is 0 Å². The summed E-state index contributed by atoms with van der Waals surface area (Å²) in [5, 5.41) is 0. The second-order valence-electron chi connectivity index (χ2n) is 13.7. The summed E-state index contributed by atoms with van der Waals surface area (Å²) in [7, 11) is 0. The Hall–Kier alpha value is -2.85. The molecule has 4 heteroatoms. The molecule has 0 atom stereocenters. The summed E-state index contributed by atoms with van der Waals surface area (Å²) in [5.41, 5.74) is 6.78. The fraction of sp³-hybridized carbons (Fsp3) is 0.553. The van der Waals surface area contributed by atoms with Crippen molar-refractivity contribution in [3.8, 4) is 17.2 Å². The first-order chi connectivity index (χ1) is 20.0. The Labute approximate surface area is 256 Å². The lowest BCUT2D eigenvalue weighted by Gasteiger charge is -2.30. The van der Waals surface area contributed by atoms with Crippen molar-refractivity contribution in [2.24, 2.45) is 0 Å². The Morgan fingerprint density at radius 3 is 1.95 bits per heavy atom. The minimum absolute atomic E-state index is 0.0733. The number of nitrogens with zero attached hydrogens (tertiary/aromatic N) is 2. The van der Waals surface area contributed by atoms with Gasteiger partial charge in [0.15, 0.2) is 0 Å². The van der Waals surface area contributed by atoms with Gasteiger partial charge < -0.3 is 9.15 Å². The molecule has 0 radical (unpaired) electrons. The normalized spacial score (nSPS) is 12.5. The van der Waals surface area contributed by atoms with Crippen LogP contribution in [0.25, 0.3) is 17.5 Å². The van der Waals surface area contributed by atoms with E-state index in [2.05, 4.69) is 116 Å². The van der Waals surface area contributed by atoms with Crippen molar-refractivity contribution in [1.29, 1.82) is 0 Å². The molecule has 0 spiro atoms. The predicted octanol–water partition coefficient (Wildman–Crippen LogP) is 10.4. The van der Waals surface area contributed by atoms with Crippen LogP contribution >= 0.6 is 0 Å². The molecule has 2 aromatic carbocycles. The molecule has 0 fully saturated rings. The third-order valence-electron chi connectivity index (χ3n) is 7.63. The van der Waals surface area contributed by atoms with Crippen LogP contribution < -0.4 is 4.74 Å². The van der Waals surface area contributed by atoms with Gasteiger partial charge in [-0.1, -0.05) is 112 Å². The smallest absolute Gasteiger partial charge is 0.226 e. The summed E-state index contributed by atoms with van der Waals surface area (Å²) in [6, 6.07) is 13.4. The van der Waals surface area contributed by atoms with Crippen LogP contribution in [0.15, 0.2) is 53.2 Å². The Bertz CT molecular complexity index is 1210. The highest BCUT2D eigenvalue weighted by Gasteiger charge is 2.29. The first kappa shape index (κ1) is 33.6. The van der Waals surface area contributed by atoms with Gasteiger partial charge >= 0.3 is 0 Å². The molecule has 0 amide bonds. The van der Waals surface area contributed by atoms with Gasteiger partial charge in [-0.3, -0.25) is 4.90 Å². The number of rotatable bonds is 15. The molecule has 0 aliphatic rings. The summed E-state index contributed by atoms with van der Waals surface area (Å²) in [6.45, 7) is 24.2. The van der Waals surface area contributed by atoms with E-state index in [9.17, 15) is 0 Å². The number of allylic oxidation sites excluding steroid dienone is 1. The molecule has 230 valence electrons. The van der Waals surface area contributed by atoms with E-state index in [1.54, 1.807) is 6.26 Å². The molecule has 1 heterocycles. The van der Waals surface area contributed by atoms with Gasteiger partial charge in [0, 0.05) is 29.7 Å². The van der Waals surface area contributed by atoms with Crippen molar-refractivity contribution >= 4 is 6.08 Å². The third kappa shape index (κ3) is 9.87. The van der Waals surface area contributed by atoms with E-state index in [1.807, 2.05) is 0 Å². The maximum Gasteiger partial charge on any atom is 0.226 e. The standard InChI is InChI=1S/C38H56N2O2/c1-10-13-22-40(23-14-11-2)27-30-20-18-29(19-21-30)16-15-17-32-28-42-36(39-32)31-25-33(37(4,5)6)35(41-24-12-3)34(26-31)38(7,8)9/h15-16,18-21,25-26,28H,10-14,17,22-24,27H2,1-9H3/b16-15-. The van der Waals surface area contributed by atoms with Crippen molar-refractivity contribution in [3.05, 3.63) is 76.7 Å². The van der Waals surface area contributed by atoms with E-state index in [-0.39, 0.29) is 10.8 Å². The Morgan fingerprint density at radius 2 is 1.43 bits per heavy atom. The summed E-state index contributed by atoms with van der Waals surface area (Å²) in [6.07, 6.45) is 12.9. The summed E-state index contributed by atoms with van der Waals surface area (Å²) < 4.78 is 12.4. The monoisotopic (exact) mass is 572 g/mol. The molecule has 0 aliphatic carbocycles. The van der Waals surface area contributed by atoms with Gasteiger partial charge in [0.2, 0.25) is 5.89 Å². The minimum Gasteiger partial charge on any atom is -0.493 e. The van der Waals surface area contributed by atoms with E-state index in [1.165, 1.54) is 61.0 Å². The molecule has 3 rings (SSSR count). The van der Waals surface area contributed by atoms with Gasteiger partial charge in [-0.15, -0.1) is 0 Å². The number of benzene rings is 2. The number of aromatic nitrogens is 1. The molecule has 0 saturated heterocycles. The van der Waals surface area contributed by atoms with Crippen LogP contribution in [0.1, 0.15) is 122 Å². The van der Waals surface area contributed by atoms with Crippen molar-refractivity contribution in [2.45, 2.75) is 118 Å². The Morgan fingerprint density at radius 1 is 0.833 bits per heavy atom. The summed E-state index contributed by atoms with van der Waals surface area (Å²) >= 11 is 0. The van der Waals surface area contributed by atoms with E-state index < -0.39 is 0 Å². The van der Waals surface area contributed by atoms with Crippen molar-refractivity contribution in [3.63, 3.8) is 0 Å². The minimum atomic E-state index is -0.0733. The lowest BCUT2D eigenvalue weighted by molar-refractivity contribution is 0.257. The molecule has 0 bridgehead atoms. The average molecular weight is 573 g/mol. The maximum atomic E-state index is 6.36. The number of ether oxygens (including phenoxy) is 1. The maximum absolute atomic E-state index is 6.36. The molecule has 3 aromatic rings. The van der Waals surface area contributed by atoms with E-state index in [0.717, 1.165) is 36.4 Å².